The van der Waals surface area contributed by atoms with Gasteiger partial charge in [-0.2, -0.15) is 0 Å². The first-order chi connectivity index (χ1) is 4.91. The van der Waals surface area contributed by atoms with Crippen LogP contribution >= 0.6 is 0 Å². The molecule has 4 heteroatoms. The lowest BCUT2D eigenvalue weighted by molar-refractivity contribution is -0.128. The summed E-state index contributed by atoms with van der Waals surface area (Å²) in [7, 11) is 0. The third-order valence-electron chi connectivity index (χ3n) is 0.688. The van der Waals surface area contributed by atoms with Gasteiger partial charge in [-0.3, -0.25) is 9.59 Å². The molecule has 0 heterocycles. The third kappa shape index (κ3) is 6.68. The number of ether oxygens (including phenoxy) is 2. The number of hydrogen-bond acceptors (Lipinski definition) is 4. The van der Waals surface area contributed by atoms with E-state index in [9.17, 15) is 9.59 Å². The molecule has 56 valence electrons. The first-order valence-corrected chi connectivity index (χ1v) is 2.67. The van der Waals surface area contributed by atoms with E-state index in [1.54, 1.807) is 12.2 Å². The SMILES string of the molecule is O=COC/C=C\COC=O. The second-order valence-electron chi connectivity index (χ2n) is 1.33. The fourth-order valence-electron chi connectivity index (χ4n) is 0.326. The summed E-state index contributed by atoms with van der Waals surface area (Å²) < 4.78 is 8.60. The molecule has 0 aromatic rings. The third-order valence-corrected chi connectivity index (χ3v) is 0.688. The van der Waals surface area contributed by atoms with E-state index >= 15 is 0 Å². The van der Waals surface area contributed by atoms with Crippen LogP contribution in [0.2, 0.25) is 0 Å². The largest absolute Gasteiger partial charge is 0.464 e. The Labute approximate surface area is 58.4 Å². The van der Waals surface area contributed by atoms with Gasteiger partial charge in [-0.05, 0) is 12.2 Å². The molecule has 0 aromatic heterocycles. The van der Waals surface area contributed by atoms with Crippen molar-refractivity contribution >= 4 is 12.9 Å². The van der Waals surface area contributed by atoms with Crippen LogP contribution in [0, 0.1) is 0 Å². The highest BCUT2D eigenvalue weighted by molar-refractivity contribution is 5.37. The molecule has 0 aliphatic carbocycles. The van der Waals surface area contributed by atoms with Gasteiger partial charge >= 0.3 is 0 Å². The molecule has 0 saturated heterocycles. The lowest BCUT2D eigenvalue weighted by Gasteiger charge is -1.89. The van der Waals surface area contributed by atoms with E-state index in [4.69, 9.17) is 0 Å². The average molecular weight is 144 g/mol. The van der Waals surface area contributed by atoms with Gasteiger partial charge < -0.3 is 9.47 Å². The predicted octanol–water partition coefficient (Wildman–Crippen LogP) is -0.111. The first kappa shape index (κ1) is 8.68. The molecule has 0 amide bonds. The van der Waals surface area contributed by atoms with Gasteiger partial charge in [-0.1, -0.05) is 0 Å². The molecule has 0 N–H and O–H groups in total. The topological polar surface area (TPSA) is 52.6 Å². The highest BCUT2D eigenvalue weighted by Gasteiger charge is 1.75. The van der Waals surface area contributed by atoms with Crippen molar-refractivity contribution in [3.05, 3.63) is 12.2 Å². The van der Waals surface area contributed by atoms with Crippen LogP contribution in [-0.2, 0) is 19.1 Å². The van der Waals surface area contributed by atoms with Crippen molar-refractivity contribution in [3.8, 4) is 0 Å². The van der Waals surface area contributed by atoms with Crippen molar-refractivity contribution < 1.29 is 19.1 Å². The van der Waals surface area contributed by atoms with Crippen LogP contribution in [0.3, 0.4) is 0 Å². The maximum absolute atomic E-state index is 9.55. The lowest BCUT2D eigenvalue weighted by atomic mass is 10.5. The number of rotatable bonds is 6. The maximum Gasteiger partial charge on any atom is 0.293 e. The van der Waals surface area contributed by atoms with Crippen LogP contribution in [-0.4, -0.2) is 26.2 Å². The fourth-order valence-corrected chi connectivity index (χ4v) is 0.326. The Kier molecular flexibility index (Phi) is 6.67. The molecule has 0 atom stereocenters. The van der Waals surface area contributed by atoms with E-state index < -0.39 is 0 Å². The number of hydrogen-bond donors (Lipinski definition) is 0. The van der Waals surface area contributed by atoms with Crippen LogP contribution < -0.4 is 0 Å². The molecule has 0 saturated carbocycles. The molecule has 4 nitrogen and oxygen atoms in total. The molecule has 0 rings (SSSR count). The Balaban J connectivity index is 3.03. The minimum Gasteiger partial charge on any atom is -0.464 e. The summed E-state index contributed by atoms with van der Waals surface area (Å²) in [6, 6.07) is 0. The van der Waals surface area contributed by atoms with Crippen LogP contribution in [0.25, 0.3) is 0 Å². The summed E-state index contributed by atoms with van der Waals surface area (Å²) in [4.78, 5) is 19.1. The monoisotopic (exact) mass is 144 g/mol. The minimum absolute atomic E-state index is 0.214. The van der Waals surface area contributed by atoms with Crippen molar-refractivity contribution in [2.24, 2.45) is 0 Å². The van der Waals surface area contributed by atoms with E-state index in [0.717, 1.165) is 0 Å². The van der Waals surface area contributed by atoms with Crippen LogP contribution in [0.4, 0.5) is 0 Å². The van der Waals surface area contributed by atoms with Gasteiger partial charge in [-0.15, -0.1) is 0 Å². The van der Waals surface area contributed by atoms with E-state index in [1.807, 2.05) is 0 Å². The summed E-state index contributed by atoms with van der Waals surface area (Å²) in [5.74, 6) is 0. The molecule has 0 aliphatic heterocycles. The molecule has 0 fully saturated rings. The lowest BCUT2D eigenvalue weighted by Crippen LogP contribution is -1.89. The Morgan fingerprint density at radius 1 is 0.900 bits per heavy atom. The Hall–Kier alpha value is -1.32. The van der Waals surface area contributed by atoms with Crippen molar-refractivity contribution in [1.82, 2.24) is 0 Å². The second-order valence-corrected chi connectivity index (χ2v) is 1.33. The van der Waals surface area contributed by atoms with Crippen molar-refractivity contribution in [2.45, 2.75) is 0 Å². The molecule has 10 heavy (non-hydrogen) atoms. The van der Waals surface area contributed by atoms with E-state index in [1.165, 1.54) is 0 Å². The smallest absolute Gasteiger partial charge is 0.293 e. The first-order valence-electron chi connectivity index (χ1n) is 2.67. The Morgan fingerprint density at radius 3 is 1.60 bits per heavy atom. The van der Waals surface area contributed by atoms with Crippen LogP contribution in [0.15, 0.2) is 12.2 Å². The summed E-state index contributed by atoms with van der Waals surface area (Å²) in [6.07, 6.45) is 3.16. The molecule has 0 spiro atoms. The van der Waals surface area contributed by atoms with E-state index in [-0.39, 0.29) is 13.2 Å². The van der Waals surface area contributed by atoms with Crippen LogP contribution in [0.1, 0.15) is 0 Å². The summed E-state index contributed by atoms with van der Waals surface area (Å²) >= 11 is 0. The van der Waals surface area contributed by atoms with Gasteiger partial charge in [-0.25, -0.2) is 0 Å². The van der Waals surface area contributed by atoms with Gasteiger partial charge in [0.15, 0.2) is 0 Å². The molecular formula is C6H8O4. The van der Waals surface area contributed by atoms with Crippen LogP contribution in [0.5, 0.6) is 0 Å². The van der Waals surface area contributed by atoms with Crippen molar-refractivity contribution in [1.29, 1.82) is 0 Å². The maximum atomic E-state index is 9.55. The fraction of sp³-hybridized carbons (Fsp3) is 0.333. The average Bonchev–Trinajstić information content (AvgIpc) is 1.97. The van der Waals surface area contributed by atoms with E-state index in [2.05, 4.69) is 9.47 Å². The zero-order valence-corrected chi connectivity index (χ0v) is 5.36. The second kappa shape index (κ2) is 7.68. The minimum atomic E-state index is 0.214. The Bertz CT molecular complexity index is 105. The molecule has 0 radical (unpaired) electrons. The molecule has 0 aromatic carbocycles. The molecule has 0 unspecified atom stereocenters. The predicted molar refractivity (Wildman–Crippen MR) is 33.2 cm³/mol. The zero-order chi connectivity index (χ0) is 7.66. The van der Waals surface area contributed by atoms with Gasteiger partial charge in [0.2, 0.25) is 0 Å². The summed E-state index contributed by atoms with van der Waals surface area (Å²) in [6.45, 7) is 1.13. The van der Waals surface area contributed by atoms with Crippen molar-refractivity contribution in [3.63, 3.8) is 0 Å². The highest BCUT2D eigenvalue weighted by atomic mass is 16.5. The number of carbonyl (C=O) groups excluding carboxylic acids is 2. The Morgan fingerprint density at radius 2 is 1.30 bits per heavy atom. The number of carbonyl (C=O) groups is 2. The summed E-state index contributed by atoms with van der Waals surface area (Å²) in [5, 5.41) is 0. The standard InChI is InChI=1S/C6H8O4/c7-5-9-3-1-2-4-10-6-8/h1-2,5-6H,3-4H2/b2-1-. The van der Waals surface area contributed by atoms with Gasteiger partial charge in [0.25, 0.3) is 12.9 Å². The molecule has 0 bridgehead atoms. The van der Waals surface area contributed by atoms with E-state index in [0.29, 0.717) is 12.9 Å². The molecule has 0 aliphatic rings. The summed E-state index contributed by atoms with van der Waals surface area (Å²) in [5.41, 5.74) is 0. The molecular weight excluding hydrogens is 136 g/mol. The zero-order valence-electron chi connectivity index (χ0n) is 5.36. The van der Waals surface area contributed by atoms with Gasteiger partial charge in [0.05, 0.1) is 0 Å². The van der Waals surface area contributed by atoms with Crippen molar-refractivity contribution in [2.75, 3.05) is 13.2 Å². The van der Waals surface area contributed by atoms with Gasteiger partial charge in [0, 0.05) is 0 Å². The normalized spacial score (nSPS) is 9.20. The quantitative estimate of drug-likeness (QED) is 0.296. The highest BCUT2D eigenvalue weighted by Crippen LogP contribution is 1.75. The van der Waals surface area contributed by atoms with Gasteiger partial charge in [0.1, 0.15) is 13.2 Å².